The molecule has 0 radical (unpaired) electrons. The van der Waals surface area contributed by atoms with Crippen LogP contribution in [0.5, 0.6) is 0 Å². The van der Waals surface area contributed by atoms with E-state index in [4.69, 9.17) is 0 Å². The molecule has 0 aliphatic heterocycles. The van der Waals surface area contributed by atoms with Crippen molar-refractivity contribution in [3.63, 3.8) is 0 Å². The number of pyridine rings is 1. The molecule has 21 heavy (non-hydrogen) atoms. The maximum atomic E-state index is 4.58. The molecular weight excluding hydrogens is 260 g/mol. The van der Waals surface area contributed by atoms with Gasteiger partial charge in [-0.25, -0.2) is 9.67 Å². The Morgan fingerprint density at radius 2 is 1.81 bits per heavy atom. The molecule has 0 bridgehead atoms. The first-order valence-corrected chi connectivity index (χ1v) is 7.02. The highest BCUT2D eigenvalue weighted by molar-refractivity contribution is 5.59. The third-order valence-corrected chi connectivity index (χ3v) is 3.44. The molecule has 4 heteroatoms. The number of hydrogen-bond acceptors (Lipinski definition) is 3. The summed E-state index contributed by atoms with van der Waals surface area (Å²) in [6, 6.07) is 12.4. The van der Waals surface area contributed by atoms with Crippen LogP contribution >= 0.6 is 0 Å². The highest BCUT2D eigenvalue weighted by Gasteiger charge is 2.13. The molecular formula is C17H18N4. The summed E-state index contributed by atoms with van der Waals surface area (Å²) in [5.74, 6) is 1.65. The maximum absolute atomic E-state index is 4.58. The highest BCUT2D eigenvalue weighted by atomic mass is 15.3. The van der Waals surface area contributed by atoms with Gasteiger partial charge in [-0.1, -0.05) is 30.3 Å². The molecule has 106 valence electrons. The molecule has 0 N–H and O–H groups in total. The minimum absolute atomic E-state index is 0.713. The minimum atomic E-state index is 0.713. The normalized spacial score (nSPS) is 10.8. The van der Waals surface area contributed by atoms with Gasteiger partial charge in [0.15, 0.2) is 5.82 Å². The van der Waals surface area contributed by atoms with Crippen molar-refractivity contribution in [1.29, 1.82) is 0 Å². The molecule has 0 fully saturated rings. The monoisotopic (exact) mass is 278 g/mol. The van der Waals surface area contributed by atoms with Gasteiger partial charge >= 0.3 is 0 Å². The standard InChI is InChI=1S/C17H18N4/c1-12-9-13(2)18-10-16(12)17-19-14(3)20-21(17)11-15-7-5-4-6-8-15/h4-10H,11H2,1-3H3. The third kappa shape index (κ3) is 2.84. The van der Waals surface area contributed by atoms with Gasteiger partial charge in [0.2, 0.25) is 0 Å². The van der Waals surface area contributed by atoms with E-state index in [1.807, 2.05) is 42.9 Å². The van der Waals surface area contributed by atoms with Crippen molar-refractivity contribution in [3.05, 3.63) is 65.2 Å². The van der Waals surface area contributed by atoms with Crippen LogP contribution in [0, 0.1) is 20.8 Å². The van der Waals surface area contributed by atoms with Crippen molar-refractivity contribution < 1.29 is 0 Å². The van der Waals surface area contributed by atoms with Crippen LogP contribution < -0.4 is 0 Å². The molecule has 0 saturated carbocycles. The Hall–Kier alpha value is -2.49. The fourth-order valence-electron chi connectivity index (χ4n) is 2.45. The van der Waals surface area contributed by atoms with Gasteiger partial charge in [0.25, 0.3) is 0 Å². The van der Waals surface area contributed by atoms with Crippen LogP contribution in [0.25, 0.3) is 11.4 Å². The Balaban J connectivity index is 2.03. The first-order chi connectivity index (χ1) is 10.1. The first kappa shape index (κ1) is 13.5. The van der Waals surface area contributed by atoms with Gasteiger partial charge in [-0.3, -0.25) is 4.98 Å². The zero-order chi connectivity index (χ0) is 14.8. The van der Waals surface area contributed by atoms with Crippen LogP contribution in [-0.2, 0) is 6.54 Å². The summed E-state index contributed by atoms with van der Waals surface area (Å²) in [6.07, 6.45) is 1.88. The Kier molecular flexibility index (Phi) is 3.52. The van der Waals surface area contributed by atoms with Crippen LogP contribution in [0.3, 0.4) is 0 Å². The number of nitrogens with zero attached hydrogens (tertiary/aromatic N) is 4. The number of rotatable bonds is 3. The van der Waals surface area contributed by atoms with Crippen molar-refractivity contribution in [2.75, 3.05) is 0 Å². The smallest absolute Gasteiger partial charge is 0.160 e. The fraction of sp³-hybridized carbons (Fsp3) is 0.235. The molecule has 4 nitrogen and oxygen atoms in total. The molecule has 1 aromatic carbocycles. The molecule has 3 rings (SSSR count). The van der Waals surface area contributed by atoms with Crippen molar-refractivity contribution >= 4 is 0 Å². The van der Waals surface area contributed by atoms with E-state index in [1.54, 1.807) is 0 Å². The summed E-state index contributed by atoms with van der Waals surface area (Å²) < 4.78 is 1.95. The molecule has 0 atom stereocenters. The van der Waals surface area contributed by atoms with Crippen LogP contribution in [-0.4, -0.2) is 19.7 Å². The Morgan fingerprint density at radius 1 is 1.05 bits per heavy atom. The van der Waals surface area contributed by atoms with Gasteiger partial charge in [0, 0.05) is 17.5 Å². The van der Waals surface area contributed by atoms with Crippen LogP contribution in [0.15, 0.2) is 42.6 Å². The maximum Gasteiger partial charge on any atom is 0.160 e. The molecule has 0 saturated heterocycles. The minimum Gasteiger partial charge on any atom is -0.261 e. The molecule has 2 heterocycles. The van der Waals surface area contributed by atoms with Crippen molar-refractivity contribution in [2.24, 2.45) is 0 Å². The van der Waals surface area contributed by atoms with E-state index in [1.165, 1.54) is 11.1 Å². The molecule has 2 aromatic heterocycles. The first-order valence-electron chi connectivity index (χ1n) is 7.02. The van der Waals surface area contributed by atoms with Crippen LogP contribution in [0.2, 0.25) is 0 Å². The predicted molar refractivity (Wildman–Crippen MR) is 83.0 cm³/mol. The van der Waals surface area contributed by atoms with E-state index in [-0.39, 0.29) is 0 Å². The predicted octanol–water partition coefficient (Wildman–Crippen LogP) is 3.31. The van der Waals surface area contributed by atoms with Crippen LogP contribution in [0.1, 0.15) is 22.6 Å². The number of hydrogen-bond donors (Lipinski definition) is 0. The quantitative estimate of drug-likeness (QED) is 0.738. The van der Waals surface area contributed by atoms with Crippen LogP contribution in [0.4, 0.5) is 0 Å². The summed E-state index contributed by atoms with van der Waals surface area (Å²) in [7, 11) is 0. The molecule has 0 aliphatic carbocycles. The summed E-state index contributed by atoms with van der Waals surface area (Å²) in [5.41, 5.74) is 4.44. The van der Waals surface area contributed by atoms with E-state index >= 15 is 0 Å². The van der Waals surface area contributed by atoms with Gasteiger partial charge in [0.1, 0.15) is 5.82 Å². The highest BCUT2D eigenvalue weighted by Crippen LogP contribution is 2.22. The average molecular weight is 278 g/mol. The van der Waals surface area contributed by atoms with E-state index in [9.17, 15) is 0 Å². The second kappa shape index (κ2) is 5.48. The zero-order valence-electron chi connectivity index (χ0n) is 12.5. The topological polar surface area (TPSA) is 43.6 Å². The van der Waals surface area contributed by atoms with Gasteiger partial charge in [0.05, 0.1) is 6.54 Å². The average Bonchev–Trinajstić information content (AvgIpc) is 2.80. The molecule has 0 spiro atoms. The largest absolute Gasteiger partial charge is 0.261 e. The van der Waals surface area contributed by atoms with Gasteiger partial charge in [-0.05, 0) is 38.0 Å². The zero-order valence-corrected chi connectivity index (χ0v) is 12.5. The van der Waals surface area contributed by atoms with E-state index in [0.717, 1.165) is 22.9 Å². The Labute approximate surface area is 124 Å². The van der Waals surface area contributed by atoms with Crippen molar-refractivity contribution in [3.8, 4) is 11.4 Å². The summed E-state index contributed by atoms with van der Waals surface area (Å²) in [5, 5.41) is 4.52. The second-order valence-corrected chi connectivity index (χ2v) is 5.27. The summed E-state index contributed by atoms with van der Waals surface area (Å²) in [4.78, 5) is 8.97. The number of aryl methyl sites for hydroxylation is 3. The summed E-state index contributed by atoms with van der Waals surface area (Å²) in [6.45, 7) is 6.71. The molecule has 0 amide bonds. The van der Waals surface area contributed by atoms with Crippen molar-refractivity contribution in [1.82, 2.24) is 19.7 Å². The molecule has 0 unspecified atom stereocenters. The second-order valence-electron chi connectivity index (χ2n) is 5.27. The Bertz CT molecular complexity index is 760. The molecule has 3 aromatic rings. The lowest BCUT2D eigenvalue weighted by atomic mass is 10.1. The lowest BCUT2D eigenvalue weighted by molar-refractivity contribution is 0.685. The van der Waals surface area contributed by atoms with Gasteiger partial charge < -0.3 is 0 Å². The number of aromatic nitrogens is 4. The van der Waals surface area contributed by atoms with E-state index in [0.29, 0.717) is 6.54 Å². The van der Waals surface area contributed by atoms with Gasteiger partial charge in [-0.2, -0.15) is 5.10 Å². The molecule has 0 aliphatic rings. The lowest BCUT2D eigenvalue weighted by Gasteiger charge is -2.08. The lowest BCUT2D eigenvalue weighted by Crippen LogP contribution is -2.05. The summed E-state index contributed by atoms with van der Waals surface area (Å²) >= 11 is 0. The number of benzene rings is 1. The van der Waals surface area contributed by atoms with E-state index in [2.05, 4.69) is 40.2 Å². The van der Waals surface area contributed by atoms with Crippen molar-refractivity contribution in [2.45, 2.75) is 27.3 Å². The van der Waals surface area contributed by atoms with E-state index < -0.39 is 0 Å². The SMILES string of the molecule is Cc1cc(C)c(-c2nc(C)nn2Cc2ccccc2)cn1. The van der Waals surface area contributed by atoms with Gasteiger partial charge in [-0.15, -0.1) is 0 Å². The third-order valence-electron chi connectivity index (χ3n) is 3.44. The Morgan fingerprint density at radius 3 is 2.52 bits per heavy atom. The fourth-order valence-corrected chi connectivity index (χ4v) is 2.45.